The third-order valence-corrected chi connectivity index (χ3v) is 5.30. The van der Waals surface area contributed by atoms with E-state index in [0.717, 1.165) is 12.8 Å². The summed E-state index contributed by atoms with van der Waals surface area (Å²) in [5, 5.41) is 2.85. The molecule has 3 rings (SSSR count). The number of ether oxygens (including phenoxy) is 1. The van der Waals surface area contributed by atoms with Gasteiger partial charge in [0.1, 0.15) is 17.7 Å². The van der Waals surface area contributed by atoms with Gasteiger partial charge >= 0.3 is 0 Å². The molecule has 0 aliphatic carbocycles. The van der Waals surface area contributed by atoms with E-state index >= 15 is 0 Å². The van der Waals surface area contributed by atoms with Crippen molar-refractivity contribution in [1.82, 2.24) is 15.1 Å². The molecule has 6 nitrogen and oxygen atoms in total. The monoisotopic (exact) mass is 363 g/mol. The van der Waals surface area contributed by atoms with Crippen LogP contribution in [0, 0.1) is 5.82 Å². The van der Waals surface area contributed by atoms with E-state index in [4.69, 9.17) is 4.74 Å². The lowest BCUT2D eigenvalue weighted by atomic mass is 10.1. The van der Waals surface area contributed by atoms with Crippen molar-refractivity contribution in [2.24, 2.45) is 0 Å². The van der Waals surface area contributed by atoms with Gasteiger partial charge < -0.3 is 15.0 Å². The zero-order valence-corrected chi connectivity index (χ0v) is 15.3. The van der Waals surface area contributed by atoms with Gasteiger partial charge in [0.15, 0.2) is 0 Å². The molecule has 2 aliphatic heterocycles. The smallest absolute Gasteiger partial charge is 0.224 e. The van der Waals surface area contributed by atoms with Gasteiger partial charge in [0.25, 0.3) is 0 Å². The Balaban J connectivity index is 1.40. The fourth-order valence-corrected chi connectivity index (χ4v) is 3.60. The van der Waals surface area contributed by atoms with Crippen LogP contribution in [0.25, 0.3) is 0 Å². The third-order valence-electron chi connectivity index (χ3n) is 5.30. The maximum Gasteiger partial charge on any atom is 0.224 e. The van der Waals surface area contributed by atoms with E-state index in [1.807, 2.05) is 11.9 Å². The summed E-state index contributed by atoms with van der Waals surface area (Å²) in [5.74, 6) is 0.451. The van der Waals surface area contributed by atoms with Crippen molar-refractivity contribution in [1.29, 1.82) is 0 Å². The first-order valence-electron chi connectivity index (χ1n) is 9.08. The zero-order valence-electron chi connectivity index (χ0n) is 15.3. The maximum absolute atomic E-state index is 12.9. The molecule has 0 spiro atoms. The van der Waals surface area contributed by atoms with E-state index in [2.05, 4.69) is 10.2 Å². The second kappa shape index (κ2) is 8.03. The van der Waals surface area contributed by atoms with Gasteiger partial charge in [-0.05, 0) is 44.2 Å². The van der Waals surface area contributed by atoms with Crippen LogP contribution >= 0.6 is 0 Å². The van der Waals surface area contributed by atoms with Gasteiger partial charge in [0.2, 0.25) is 11.8 Å². The average molecular weight is 363 g/mol. The van der Waals surface area contributed by atoms with Crippen LogP contribution in [0.4, 0.5) is 4.39 Å². The number of rotatable bonds is 6. The van der Waals surface area contributed by atoms with Crippen LogP contribution < -0.4 is 10.1 Å². The van der Waals surface area contributed by atoms with Crippen LogP contribution in [0.15, 0.2) is 24.3 Å². The Labute approximate surface area is 153 Å². The van der Waals surface area contributed by atoms with E-state index in [0.29, 0.717) is 37.8 Å². The van der Waals surface area contributed by atoms with Crippen molar-refractivity contribution in [3.05, 3.63) is 30.1 Å². The number of likely N-dealkylation sites (tertiary alicyclic amines) is 2. The first-order chi connectivity index (χ1) is 12.4. The maximum atomic E-state index is 12.9. The molecule has 0 radical (unpaired) electrons. The van der Waals surface area contributed by atoms with Crippen LogP contribution in [0.1, 0.15) is 26.2 Å². The number of carbonyl (C=O) groups is 2. The zero-order chi connectivity index (χ0) is 18.7. The van der Waals surface area contributed by atoms with Gasteiger partial charge in [0, 0.05) is 32.0 Å². The molecule has 1 aromatic carbocycles. The van der Waals surface area contributed by atoms with Crippen LogP contribution in [-0.2, 0) is 9.59 Å². The lowest BCUT2D eigenvalue weighted by Gasteiger charge is -2.40. The molecule has 2 aliphatic rings. The number of likely N-dealkylation sites (N-methyl/N-ethyl adjacent to an activating group) is 1. The van der Waals surface area contributed by atoms with Crippen molar-refractivity contribution in [2.45, 2.75) is 44.4 Å². The Kier molecular flexibility index (Phi) is 5.76. The Bertz CT molecular complexity index is 646. The summed E-state index contributed by atoms with van der Waals surface area (Å²) in [6.45, 7) is 3.29. The van der Waals surface area contributed by atoms with Crippen LogP contribution in [0.2, 0.25) is 0 Å². The lowest BCUT2D eigenvalue weighted by Crippen LogP contribution is -2.57. The molecular formula is C19H26FN3O3. The number of benzene rings is 1. The topological polar surface area (TPSA) is 61.9 Å². The third kappa shape index (κ3) is 4.52. The Hall–Kier alpha value is -2.15. The van der Waals surface area contributed by atoms with Crippen molar-refractivity contribution in [3.63, 3.8) is 0 Å². The minimum Gasteiger partial charge on any atom is -0.487 e. The lowest BCUT2D eigenvalue weighted by molar-refractivity contribution is -0.141. The van der Waals surface area contributed by atoms with Gasteiger partial charge in [-0.25, -0.2) is 4.39 Å². The molecular weight excluding hydrogens is 337 g/mol. The van der Waals surface area contributed by atoms with Crippen molar-refractivity contribution >= 4 is 11.8 Å². The molecule has 2 saturated heterocycles. The van der Waals surface area contributed by atoms with E-state index in [1.165, 1.54) is 19.1 Å². The molecule has 2 fully saturated rings. The first-order valence-corrected chi connectivity index (χ1v) is 9.08. The number of halogens is 1. The molecule has 2 amide bonds. The molecule has 0 saturated carbocycles. The highest BCUT2D eigenvalue weighted by atomic mass is 19.1. The highest BCUT2D eigenvalue weighted by Gasteiger charge is 2.36. The molecule has 142 valence electrons. The quantitative estimate of drug-likeness (QED) is 0.830. The molecule has 2 atom stereocenters. The molecule has 1 aromatic rings. The van der Waals surface area contributed by atoms with Gasteiger partial charge in [-0.2, -0.15) is 0 Å². The number of carbonyl (C=O) groups excluding carboxylic acids is 2. The van der Waals surface area contributed by atoms with Crippen molar-refractivity contribution in [2.75, 3.05) is 26.7 Å². The predicted octanol–water partition coefficient (Wildman–Crippen LogP) is 1.40. The fourth-order valence-electron chi connectivity index (χ4n) is 3.60. The largest absolute Gasteiger partial charge is 0.487 e. The van der Waals surface area contributed by atoms with Gasteiger partial charge in [-0.3, -0.25) is 14.5 Å². The van der Waals surface area contributed by atoms with Gasteiger partial charge in [-0.1, -0.05) is 0 Å². The Morgan fingerprint density at radius 2 is 1.85 bits per heavy atom. The van der Waals surface area contributed by atoms with E-state index in [1.54, 1.807) is 12.1 Å². The summed E-state index contributed by atoms with van der Waals surface area (Å²) < 4.78 is 18.6. The number of nitrogens with one attached hydrogen (secondary N) is 1. The number of hydrogen-bond donors (Lipinski definition) is 1. The van der Waals surface area contributed by atoms with Gasteiger partial charge in [0.05, 0.1) is 13.1 Å². The SMILES string of the molecule is CC(=O)NC[C@H]1CC[C@@H](CC(=O)N2CC(Oc3ccc(F)cc3)C2)N1C. The molecule has 1 N–H and O–H groups in total. The van der Waals surface area contributed by atoms with E-state index in [9.17, 15) is 14.0 Å². The van der Waals surface area contributed by atoms with E-state index < -0.39 is 0 Å². The molecule has 0 aromatic heterocycles. The summed E-state index contributed by atoms with van der Waals surface area (Å²) >= 11 is 0. The van der Waals surface area contributed by atoms with Gasteiger partial charge in [-0.15, -0.1) is 0 Å². The summed E-state index contributed by atoms with van der Waals surface area (Å²) in [4.78, 5) is 27.5. The standard InChI is InChI=1S/C19H26FN3O3/c1-13(24)21-10-16-6-5-15(22(16)2)9-19(25)23-11-18(12-23)26-17-7-3-14(20)4-8-17/h3-4,7-8,15-16,18H,5-6,9-12H2,1-2H3,(H,21,24)/t15-,16+/m0/s1. The Morgan fingerprint density at radius 3 is 2.50 bits per heavy atom. The molecule has 0 unspecified atom stereocenters. The highest BCUT2D eigenvalue weighted by Crippen LogP contribution is 2.26. The first kappa shape index (κ1) is 18.6. The highest BCUT2D eigenvalue weighted by molar-refractivity contribution is 5.78. The van der Waals surface area contributed by atoms with Crippen molar-refractivity contribution < 1.29 is 18.7 Å². The number of nitrogens with zero attached hydrogens (tertiary/aromatic N) is 2. The predicted molar refractivity (Wildman–Crippen MR) is 95.3 cm³/mol. The normalized spacial score (nSPS) is 23.6. The minimum absolute atomic E-state index is 0.0225. The average Bonchev–Trinajstić information content (AvgIpc) is 2.90. The molecule has 2 heterocycles. The second-order valence-corrected chi connectivity index (χ2v) is 7.18. The summed E-state index contributed by atoms with van der Waals surface area (Å²) in [7, 11) is 2.02. The van der Waals surface area contributed by atoms with E-state index in [-0.39, 0.29) is 29.8 Å². The van der Waals surface area contributed by atoms with Crippen LogP contribution in [0.3, 0.4) is 0 Å². The molecule has 0 bridgehead atoms. The second-order valence-electron chi connectivity index (χ2n) is 7.18. The Morgan fingerprint density at radius 1 is 1.19 bits per heavy atom. The van der Waals surface area contributed by atoms with Crippen molar-refractivity contribution in [3.8, 4) is 5.75 Å². The summed E-state index contributed by atoms with van der Waals surface area (Å²) in [6, 6.07) is 6.44. The molecule has 7 heteroatoms. The van der Waals surface area contributed by atoms with Crippen LogP contribution in [-0.4, -0.2) is 66.5 Å². The molecule has 26 heavy (non-hydrogen) atoms. The van der Waals surface area contributed by atoms with Crippen LogP contribution in [0.5, 0.6) is 5.75 Å². The summed E-state index contributed by atoms with van der Waals surface area (Å²) in [6.07, 6.45) is 2.43. The summed E-state index contributed by atoms with van der Waals surface area (Å²) in [5.41, 5.74) is 0. The minimum atomic E-state index is -0.291. The number of hydrogen-bond acceptors (Lipinski definition) is 4. The number of amides is 2. The fraction of sp³-hybridized carbons (Fsp3) is 0.579.